The van der Waals surface area contributed by atoms with Crippen molar-refractivity contribution in [3.8, 4) is 0 Å². The molecule has 0 unspecified atom stereocenters. The Hall–Kier alpha value is -1.88. The van der Waals surface area contributed by atoms with Gasteiger partial charge in [-0.05, 0) is 35.0 Å². The van der Waals surface area contributed by atoms with Gasteiger partial charge in [-0.1, -0.05) is 28.1 Å². The molecule has 1 N–H and O–H groups in total. The number of benzene rings is 2. The van der Waals surface area contributed by atoms with Crippen LogP contribution in [0.15, 0.2) is 40.9 Å². The van der Waals surface area contributed by atoms with Crippen molar-refractivity contribution in [1.82, 2.24) is 10.2 Å². The summed E-state index contributed by atoms with van der Waals surface area (Å²) in [6.07, 6.45) is 0. The number of nitrogens with one attached hydrogen (secondary N) is 1. The molecule has 0 spiro atoms. The molecule has 2 aromatic carbocycles. The third-order valence-corrected chi connectivity index (χ3v) is 3.55. The van der Waals surface area contributed by atoms with Crippen LogP contribution in [0.3, 0.4) is 0 Å². The third kappa shape index (κ3) is 3.17. The minimum absolute atomic E-state index is 0.0493. The van der Waals surface area contributed by atoms with Gasteiger partial charge in [0.25, 0.3) is 5.91 Å². The molecule has 2 amide bonds. The summed E-state index contributed by atoms with van der Waals surface area (Å²) >= 11 is 3.42. The summed E-state index contributed by atoms with van der Waals surface area (Å²) in [4.78, 5) is 24.9. The highest BCUT2D eigenvalue weighted by molar-refractivity contribution is 9.10. The van der Waals surface area contributed by atoms with Crippen molar-refractivity contribution in [2.24, 2.45) is 0 Å². The van der Waals surface area contributed by atoms with E-state index in [-0.39, 0.29) is 18.4 Å². The Bertz CT molecular complexity index is 670. The summed E-state index contributed by atoms with van der Waals surface area (Å²) in [5.74, 6) is -0.357. The van der Waals surface area contributed by atoms with Crippen LogP contribution in [0.1, 0.15) is 10.4 Å². The summed E-state index contributed by atoms with van der Waals surface area (Å²) in [5.41, 5.74) is 0.575. The van der Waals surface area contributed by atoms with Gasteiger partial charge in [0, 0.05) is 24.1 Å². The first-order valence-electron chi connectivity index (χ1n) is 6.16. The predicted molar refractivity (Wildman–Crippen MR) is 82.7 cm³/mol. The van der Waals surface area contributed by atoms with E-state index >= 15 is 0 Å². The Balaban J connectivity index is 2.26. The highest BCUT2D eigenvalue weighted by atomic mass is 79.9. The van der Waals surface area contributed by atoms with Crippen molar-refractivity contribution in [2.45, 2.75) is 0 Å². The van der Waals surface area contributed by atoms with Gasteiger partial charge in [-0.25, -0.2) is 0 Å². The molecule has 20 heavy (non-hydrogen) atoms. The second kappa shape index (κ2) is 6.05. The van der Waals surface area contributed by atoms with Gasteiger partial charge in [-0.15, -0.1) is 0 Å². The Morgan fingerprint density at radius 1 is 1.15 bits per heavy atom. The van der Waals surface area contributed by atoms with Gasteiger partial charge in [0.1, 0.15) is 0 Å². The first kappa shape index (κ1) is 14.5. The molecule has 0 saturated heterocycles. The Labute approximate surface area is 125 Å². The molecule has 0 saturated carbocycles. The van der Waals surface area contributed by atoms with E-state index in [1.54, 1.807) is 20.2 Å². The maximum atomic E-state index is 12.2. The van der Waals surface area contributed by atoms with E-state index in [9.17, 15) is 9.59 Å². The maximum absolute atomic E-state index is 12.2. The van der Waals surface area contributed by atoms with Gasteiger partial charge in [0.15, 0.2) is 0 Å². The molecule has 2 aromatic rings. The first-order chi connectivity index (χ1) is 9.51. The fraction of sp³-hybridized carbons (Fsp3) is 0.200. The van der Waals surface area contributed by atoms with Gasteiger partial charge < -0.3 is 10.2 Å². The van der Waals surface area contributed by atoms with Crippen LogP contribution in [0.5, 0.6) is 0 Å². The van der Waals surface area contributed by atoms with Gasteiger partial charge in [-0.2, -0.15) is 0 Å². The number of fused-ring (bicyclic) bond motifs is 1. The van der Waals surface area contributed by atoms with Gasteiger partial charge in [0.2, 0.25) is 5.91 Å². The van der Waals surface area contributed by atoms with Crippen LogP contribution in [0.4, 0.5) is 0 Å². The molecule has 0 fully saturated rings. The average molecular weight is 335 g/mol. The number of carbonyl (C=O) groups is 2. The van der Waals surface area contributed by atoms with E-state index in [2.05, 4.69) is 21.2 Å². The molecule has 0 aromatic heterocycles. The number of nitrogens with zero attached hydrogens (tertiary/aromatic N) is 1. The second-order valence-electron chi connectivity index (χ2n) is 4.54. The van der Waals surface area contributed by atoms with Crippen molar-refractivity contribution in [3.63, 3.8) is 0 Å². The van der Waals surface area contributed by atoms with Gasteiger partial charge in [-0.3, -0.25) is 9.59 Å². The second-order valence-corrected chi connectivity index (χ2v) is 5.46. The zero-order valence-corrected chi connectivity index (χ0v) is 12.9. The van der Waals surface area contributed by atoms with Crippen LogP contribution in [-0.4, -0.2) is 37.4 Å². The van der Waals surface area contributed by atoms with Crippen LogP contribution in [0, 0.1) is 0 Å². The Morgan fingerprint density at radius 2 is 1.80 bits per heavy atom. The van der Waals surface area contributed by atoms with Crippen LogP contribution < -0.4 is 5.32 Å². The van der Waals surface area contributed by atoms with Crippen molar-refractivity contribution in [1.29, 1.82) is 0 Å². The molecular weight excluding hydrogens is 320 g/mol. The summed E-state index contributed by atoms with van der Waals surface area (Å²) in [6, 6.07) is 11.4. The zero-order chi connectivity index (χ0) is 14.7. The molecular formula is C15H15BrN2O2. The maximum Gasteiger partial charge on any atom is 0.254 e. The number of rotatable bonds is 3. The molecule has 5 heteroatoms. The van der Waals surface area contributed by atoms with E-state index in [4.69, 9.17) is 0 Å². The van der Waals surface area contributed by atoms with Crippen molar-refractivity contribution >= 4 is 38.5 Å². The highest BCUT2D eigenvalue weighted by Crippen LogP contribution is 2.21. The fourth-order valence-electron chi connectivity index (χ4n) is 1.94. The molecule has 104 valence electrons. The fourth-order valence-corrected chi connectivity index (χ4v) is 2.32. The molecule has 0 heterocycles. The first-order valence-corrected chi connectivity index (χ1v) is 6.96. The highest BCUT2D eigenvalue weighted by Gasteiger charge is 2.14. The van der Waals surface area contributed by atoms with Crippen molar-refractivity contribution in [2.75, 3.05) is 20.6 Å². The van der Waals surface area contributed by atoms with Gasteiger partial charge >= 0.3 is 0 Å². The number of likely N-dealkylation sites (N-methyl/N-ethyl adjacent to an activating group) is 2. The standard InChI is InChI=1S/C15H15BrN2O2/c1-17-14(19)9-18(2)15(20)12-4-3-11-8-13(16)6-5-10(11)7-12/h3-8H,9H2,1-2H3,(H,17,19). The van der Waals surface area contributed by atoms with E-state index < -0.39 is 0 Å². The monoisotopic (exact) mass is 334 g/mol. The lowest BCUT2D eigenvalue weighted by Crippen LogP contribution is -2.36. The lowest BCUT2D eigenvalue weighted by atomic mass is 10.1. The molecule has 0 atom stereocenters. The lowest BCUT2D eigenvalue weighted by molar-refractivity contribution is -0.121. The minimum Gasteiger partial charge on any atom is -0.358 e. The van der Waals surface area contributed by atoms with Gasteiger partial charge in [0.05, 0.1) is 6.54 Å². The minimum atomic E-state index is -0.189. The van der Waals surface area contributed by atoms with Crippen LogP contribution in [-0.2, 0) is 4.79 Å². The molecule has 0 aliphatic rings. The van der Waals surface area contributed by atoms with E-state index in [1.807, 2.05) is 30.3 Å². The van der Waals surface area contributed by atoms with Crippen molar-refractivity contribution in [3.05, 3.63) is 46.4 Å². The molecule has 0 radical (unpaired) electrons. The average Bonchev–Trinajstić information content (AvgIpc) is 2.45. The quantitative estimate of drug-likeness (QED) is 0.937. The number of carbonyl (C=O) groups excluding carboxylic acids is 2. The molecule has 0 aliphatic carbocycles. The Morgan fingerprint density at radius 3 is 2.50 bits per heavy atom. The van der Waals surface area contributed by atoms with E-state index in [0.29, 0.717) is 5.56 Å². The summed E-state index contributed by atoms with van der Waals surface area (Å²) < 4.78 is 1.00. The third-order valence-electron chi connectivity index (χ3n) is 3.06. The van der Waals surface area contributed by atoms with Crippen LogP contribution in [0.2, 0.25) is 0 Å². The largest absolute Gasteiger partial charge is 0.358 e. The molecule has 0 aliphatic heterocycles. The number of halogens is 1. The molecule has 0 bridgehead atoms. The predicted octanol–water partition coefficient (Wildman–Crippen LogP) is 2.42. The van der Waals surface area contributed by atoms with E-state index in [1.165, 1.54) is 4.90 Å². The SMILES string of the molecule is CNC(=O)CN(C)C(=O)c1ccc2cc(Br)ccc2c1. The smallest absolute Gasteiger partial charge is 0.254 e. The summed E-state index contributed by atoms with van der Waals surface area (Å²) in [5, 5.41) is 4.55. The number of hydrogen-bond acceptors (Lipinski definition) is 2. The van der Waals surface area contributed by atoms with Crippen molar-refractivity contribution < 1.29 is 9.59 Å². The zero-order valence-electron chi connectivity index (χ0n) is 11.3. The van der Waals surface area contributed by atoms with Crippen LogP contribution in [0.25, 0.3) is 10.8 Å². The normalized spacial score (nSPS) is 10.3. The molecule has 4 nitrogen and oxygen atoms in total. The molecule has 2 rings (SSSR count). The topological polar surface area (TPSA) is 49.4 Å². The number of hydrogen-bond donors (Lipinski definition) is 1. The lowest BCUT2D eigenvalue weighted by Gasteiger charge is -2.16. The number of amides is 2. The van der Waals surface area contributed by atoms with E-state index in [0.717, 1.165) is 15.2 Å². The summed E-state index contributed by atoms with van der Waals surface area (Å²) in [6.45, 7) is 0.0493. The summed E-state index contributed by atoms with van der Waals surface area (Å²) in [7, 11) is 3.16. The van der Waals surface area contributed by atoms with Crippen LogP contribution >= 0.6 is 15.9 Å². The Kier molecular flexibility index (Phi) is 4.39.